The fraction of sp³-hybridized carbons (Fsp3) is 0.0909. The third-order valence-electron chi connectivity index (χ3n) is 2.09. The van der Waals surface area contributed by atoms with Gasteiger partial charge >= 0.3 is 0 Å². The summed E-state index contributed by atoms with van der Waals surface area (Å²) in [5.41, 5.74) is 2.26. The lowest BCUT2D eigenvalue weighted by Crippen LogP contribution is -2.10. The maximum atomic E-state index is 11.7. The van der Waals surface area contributed by atoms with Gasteiger partial charge in [-0.2, -0.15) is 0 Å². The molecular weight excluding hydrogens is 256 g/mol. The SMILES string of the molecule is O=c1[nH]c(CBr)ccc1-c1cccnc1. The second kappa shape index (κ2) is 4.40. The summed E-state index contributed by atoms with van der Waals surface area (Å²) in [4.78, 5) is 18.5. The third-order valence-corrected chi connectivity index (χ3v) is 2.69. The van der Waals surface area contributed by atoms with Gasteiger partial charge in [-0.25, -0.2) is 0 Å². The molecule has 15 heavy (non-hydrogen) atoms. The molecule has 0 aromatic carbocycles. The largest absolute Gasteiger partial charge is 0.325 e. The van der Waals surface area contributed by atoms with Crippen molar-refractivity contribution in [2.45, 2.75) is 5.33 Å². The van der Waals surface area contributed by atoms with E-state index < -0.39 is 0 Å². The topological polar surface area (TPSA) is 45.8 Å². The van der Waals surface area contributed by atoms with Crippen molar-refractivity contribution in [3.8, 4) is 11.1 Å². The molecule has 2 rings (SSSR count). The van der Waals surface area contributed by atoms with Crippen LogP contribution in [0.15, 0.2) is 41.5 Å². The average molecular weight is 265 g/mol. The zero-order valence-corrected chi connectivity index (χ0v) is 9.49. The smallest absolute Gasteiger partial charge is 0.256 e. The molecule has 0 saturated heterocycles. The number of H-pyrrole nitrogens is 1. The second-order valence-corrected chi connectivity index (χ2v) is 3.66. The highest BCUT2D eigenvalue weighted by molar-refractivity contribution is 9.08. The minimum atomic E-state index is -0.0834. The number of rotatable bonds is 2. The molecule has 0 saturated carbocycles. The normalized spacial score (nSPS) is 10.2. The van der Waals surface area contributed by atoms with Gasteiger partial charge in [0.25, 0.3) is 5.56 Å². The Hall–Kier alpha value is -1.42. The summed E-state index contributed by atoms with van der Waals surface area (Å²) in [7, 11) is 0. The Morgan fingerprint density at radius 1 is 1.33 bits per heavy atom. The van der Waals surface area contributed by atoms with Crippen molar-refractivity contribution in [3.63, 3.8) is 0 Å². The molecule has 0 spiro atoms. The van der Waals surface area contributed by atoms with Crippen molar-refractivity contribution in [1.29, 1.82) is 0 Å². The Morgan fingerprint density at radius 2 is 2.20 bits per heavy atom. The molecule has 0 unspecified atom stereocenters. The molecule has 2 heterocycles. The maximum Gasteiger partial charge on any atom is 0.256 e. The molecule has 0 atom stereocenters. The van der Waals surface area contributed by atoms with Crippen molar-refractivity contribution >= 4 is 15.9 Å². The van der Waals surface area contributed by atoms with E-state index in [2.05, 4.69) is 25.9 Å². The first-order chi connectivity index (χ1) is 7.31. The summed E-state index contributed by atoms with van der Waals surface area (Å²) in [5, 5.41) is 0.648. The van der Waals surface area contributed by atoms with E-state index in [0.717, 1.165) is 11.3 Å². The van der Waals surface area contributed by atoms with E-state index >= 15 is 0 Å². The number of pyridine rings is 2. The number of hydrogen-bond donors (Lipinski definition) is 1. The predicted octanol–water partition coefficient (Wildman–Crippen LogP) is 2.33. The molecule has 76 valence electrons. The summed E-state index contributed by atoms with van der Waals surface area (Å²) < 4.78 is 0. The first-order valence-corrected chi connectivity index (χ1v) is 5.62. The van der Waals surface area contributed by atoms with Gasteiger partial charge in [-0.15, -0.1) is 0 Å². The van der Waals surface area contributed by atoms with Crippen molar-refractivity contribution in [2.75, 3.05) is 0 Å². The summed E-state index contributed by atoms with van der Waals surface area (Å²) in [6.45, 7) is 0. The van der Waals surface area contributed by atoms with Crippen LogP contribution in [-0.2, 0) is 5.33 Å². The Morgan fingerprint density at radius 3 is 2.80 bits per heavy atom. The Bertz CT molecular complexity index is 507. The molecule has 4 heteroatoms. The molecule has 0 fully saturated rings. The van der Waals surface area contributed by atoms with Crippen LogP contribution in [-0.4, -0.2) is 9.97 Å². The van der Waals surface area contributed by atoms with Gasteiger partial charge in [0, 0.05) is 34.5 Å². The quantitative estimate of drug-likeness (QED) is 0.847. The van der Waals surface area contributed by atoms with Crippen LogP contribution in [0.5, 0.6) is 0 Å². The number of hydrogen-bond acceptors (Lipinski definition) is 2. The summed E-state index contributed by atoms with van der Waals surface area (Å²) in [6.07, 6.45) is 3.36. The van der Waals surface area contributed by atoms with Gasteiger partial charge in [-0.1, -0.05) is 22.0 Å². The van der Waals surface area contributed by atoms with Crippen LogP contribution in [0.4, 0.5) is 0 Å². The van der Waals surface area contributed by atoms with Crippen molar-refractivity contribution < 1.29 is 0 Å². The molecule has 0 bridgehead atoms. The molecule has 2 aromatic rings. The van der Waals surface area contributed by atoms with Crippen LogP contribution < -0.4 is 5.56 Å². The summed E-state index contributed by atoms with van der Waals surface area (Å²) in [5.74, 6) is 0. The lowest BCUT2D eigenvalue weighted by Gasteiger charge is -2.00. The molecule has 0 aliphatic heterocycles. The van der Waals surface area contributed by atoms with Gasteiger partial charge in [0.05, 0.1) is 0 Å². The number of aromatic nitrogens is 2. The van der Waals surface area contributed by atoms with E-state index in [0.29, 0.717) is 10.9 Å². The highest BCUT2D eigenvalue weighted by atomic mass is 79.9. The van der Waals surface area contributed by atoms with Crippen LogP contribution in [0, 0.1) is 0 Å². The van der Waals surface area contributed by atoms with Crippen molar-refractivity contribution in [2.24, 2.45) is 0 Å². The minimum absolute atomic E-state index is 0.0834. The van der Waals surface area contributed by atoms with Crippen LogP contribution in [0.25, 0.3) is 11.1 Å². The first-order valence-electron chi connectivity index (χ1n) is 4.50. The van der Waals surface area contributed by atoms with Crippen LogP contribution in [0.1, 0.15) is 5.69 Å². The molecule has 0 amide bonds. The van der Waals surface area contributed by atoms with E-state index in [1.807, 2.05) is 24.3 Å². The van der Waals surface area contributed by atoms with Gasteiger partial charge in [0.2, 0.25) is 0 Å². The standard InChI is InChI=1S/C11H9BrN2O/c12-6-9-3-4-10(11(15)14-9)8-2-1-5-13-7-8/h1-5,7H,6H2,(H,14,15). The third kappa shape index (κ3) is 2.15. The number of nitrogens with one attached hydrogen (secondary N) is 1. The average Bonchev–Trinajstić information content (AvgIpc) is 2.30. The number of alkyl halides is 1. The van der Waals surface area contributed by atoms with E-state index in [1.54, 1.807) is 12.4 Å². The molecule has 0 aliphatic carbocycles. The second-order valence-electron chi connectivity index (χ2n) is 3.10. The highest BCUT2D eigenvalue weighted by Crippen LogP contribution is 2.13. The Labute approximate surface area is 95.3 Å². The monoisotopic (exact) mass is 264 g/mol. The van der Waals surface area contributed by atoms with Gasteiger partial charge in [-0.05, 0) is 18.2 Å². The lowest BCUT2D eigenvalue weighted by atomic mass is 10.1. The van der Waals surface area contributed by atoms with Crippen LogP contribution in [0.3, 0.4) is 0 Å². The molecule has 0 aliphatic rings. The number of halogens is 1. The number of nitrogens with zero attached hydrogens (tertiary/aromatic N) is 1. The first kappa shape index (κ1) is 10.1. The molecular formula is C11H9BrN2O. The zero-order chi connectivity index (χ0) is 10.7. The Balaban J connectivity index is 2.51. The molecule has 2 aromatic heterocycles. The fourth-order valence-electron chi connectivity index (χ4n) is 1.34. The molecule has 3 nitrogen and oxygen atoms in total. The summed E-state index contributed by atoms with van der Waals surface area (Å²) >= 11 is 3.29. The zero-order valence-electron chi connectivity index (χ0n) is 7.90. The fourth-order valence-corrected chi connectivity index (χ4v) is 1.67. The molecule has 0 radical (unpaired) electrons. The van der Waals surface area contributed by atoms with Crippen LogP contribution in [0.2, 0.25) is 0 Å². The van der Waals surface area contributed by atoms with E-state index in [9.17, 15) is 4.79 Å². The summed E-state index contributed by atoms with van der Waals surface area (Å²) in [6, 6.07) is 7.38. The van der Waals surface area contributed by atoms with Gasteiger partial charge in [0.15, 0.2) is 0 Å². The maximum absolute atomic E-state index is 11.7. The highest BCUT2D eigenvalue weighted by Gasteiger charge is 2.02. The van der Waals surface area contributed by atoms with E-state index in [-0.39, 0.29) is 5.56 Å². The van der Waals surface area contributed by atoms with Gasteiger partial charge in [0.1, 0.15) is 0 Å². The van der Waals surface area contributed by atoms with Gasteiger partial charge < -0.3 is 4.98 Å². The minimum Gasteiger partial charge on any atom is -0.325 e. The van der Waals surface area contributed by atoms with Crippen molar-refractivity contribution in [1.82, 2.24) is 9.97 Å². The van der Waals surface area contributed by atoms with E-state index in [4.69, 9.17) is 0 Å². The lowest BCUT2D eigenvalue weighted by molar-refractivity contribution is 1.13. The predicted molar refractivity (Wildman–Crippen MR) is 62.9 cm³/mol. The molecule has 1 N–H and O–H groups in total. The number of aromatic amines is 1. The Kier molecular flexibility index (Phi) is 2.97. The van der Waals surface area contributed by atoms with E-state index in [1.165, 1.54) is 0 Å². The van der Waals surface area contributed by atoms with Crippen LogP contribution >= 0.6 is 15.9 Å². The van der Waals surface area contributed by atoms with Gasteiger partial charge in [-0.3, -0.25) is 9.78 Å². The van der Waals surface area contributed by atoms with Crippen molar-refractivity contribution in [3.05, 3.63) is 52.7 Å².